The van der Waals surface area contributed by atoms with Crippen molar-refractivity contribution >= 4 is 23.2 Å². The Morgan fingerprint density at radius 3 is 2.40 bits per heavy atom. The van der Waals surface area contributed by atoms with Gasteiger partial charge in [0, 0.05) is 11.8 Å². The Kier molecular flexibility index (Phi) is 2.84. The molecular formula is C10H5Cl2FN2. The van der Waals surface area contributed by atoms with E-state index in [0.717, 1.165) is 0 Å². The van der Waals surface area contributed by atoms with Crippen LogP contribution in [-0.2, 0) is 0 Å². The summed E-state index contributed by atoms with van der Waals surface area (Å²) in [6.07, 6.45) is 1.50. The Balaban J connectivity index is 2.59. The van der Waals surface area contributed by atoms with Crippen LogP contribution in [-0.4, -0.2) is 9.97 Å². The fourth-order valence-corrected chi connectivity index (χ4v) is 1.66. The minimum atomic E-state index is -0.421. The van der Waals surface area contributed by atoms with Crippen LogP contribution in [0.1, 0.15) is 0 Å². The number of pyridine rings is 2. The maximum atomic E-state index is 13.4. The van der Waals surface area contributed by atoms with Gasteiger partial charge >= 0.3 is 0 Å². The smallest absolute Gasteiger partial charge is 0.149 e. The second-order valence-electron chi connectivity index (χ2n) is 2.84. The minimum Gasteiger partial charge on any atom is -0.253 e. The van der Waals surface area contributed by atoms with Gasteiger partial charge in [-0.3, -0.25) is 4.98 Å². The number of hydrogen-bond acceptors (Lipinski definition) is 2. The van der Waals surface area contributed by atoms with Crippen molar-refractivity contribution in [3.8, 4) is 11.3 Å². The van der Waals surface area contributed by atoms with Gasteiger partial charge in [0.15, 0.2) is 0 Å². The van der Waals surface area contributed by atoms with Crippen LogP contribution >= 0.6 is 23.2 Å². The molecule has 0 aliphatic carbocycles. The summed E-state index contributed by atoms with van der Waals surface area (Å²) in [4.78, 5) is 7.68. The molecule has 0 bridgehead atoms. The molecule has 0 unspecified atom stereocenters. The number of rotatable bonds is 1. The first-order chi connectivity index (χ1) is 7.16. The fraction of sp³-hybridized carbons (Fsp3) is 0. The molecule has 0 fully saturated rings. The molecule has 0 aliphatic rings. The topological polar surface area (TPSA) is 25.8 Å². The molecule has 0 aromatic carbocycles. The van der Waals surface area contributed by atoms with Gasteiger partial charge in [0.1, 0.15) is 21.8 Å². The van der Waals surface area contributed by atoms with Gasteiger partial charge in [-0.25, -0.2) is 9.37 Å². The standard InChI is InChI=1S/C10H5Cl2FN2/c11-8-4-6(5-9(12)15-8)10-7(13)2-1-3-14-10/h1-5H. The summed E-state index contributed by atoms with van der Waals surface area (Å²) in [5, 5.41) is 0.421. The zero-order chi connectivity index (χ0) is 10.8. The lowest BCUT2D eigenvalue weighted by Gasteiger charge is -2.02. The Hall–Kier alpha value is -1.19. The minimum absolute atomic E-state index is 0.211. The predicted octanol–water partition coefficient (Wildman–Crippen LogP) is 3.59. The van der Waals surface area contributed by atoms with Crippen molar-refractivity contribution in [2.24, 2.45) is 0 Å². The van der Waals surface area contributed by atoms with E-state index in [4.69, 9.17) is 23.2 Å². The molecule has 76 valence electrons. The maximum absolute atomic E-state index is 13.4. The van der Waals surface area contributed by atoms with Crippen LogP contribution in [0.25, 0.3) is 11.3 Å². The molecule has 0 atom stereocenters. The largest absolute Gasteiger partial charge is 0.253 e. The normalized spacial score (nSPS) is 10.3. The van der Waals surface area contributed by atoms with Crippen LogP contribution in [0.15, 0.2) is 30.5 Å². The van der Waals surface area contributed by atoms with Gasteiger partial charge in [-0.1, -0.05) is 23.2 Å². The zero-order valence-corrected chi connectivity index (χ0v) is 8.93. The monoisotopic (exact) mass is 242 g/mol. The van der Waals surface area contributed by atoms with Crippen LogP contribution in [0.3, 0.4) is 0 Å². The summed E-state index contributed by atoms with van der Waals surface area (Å²) >= 11 is 11.4. The predicted molar refractivity (Wildman–Crippen MR) is 57.4 cm³/mol. The number of aromatic nitrogens is 2. The molecule has 0 spiro atoms. The van der Waals surface area contributed by atoms with Crippen LogP contribution in [0, 0.1) is 5.82 Å². The Morgan fingerprint density at radius 2 is 1.80 bits per heavy atom. The first kappa shape index (κ1) is 10.3. The summed E-state index contributed by atoms with van der Waals surface area (Å²) < 4.78 is 13.4. The second kappa shape index (κ2) is 4.13. The van der Waals surface area contributed by atoms with E-state index < -0.39 is 5.82 Å². The van der Waals surface area contributed by atoms with Crippen molar-refractivity contribution < 1.29 is 4.39 Å². The van der Waals surface area contributed by atoms with E-state index >= 15 is 0 Å². The van der Waals surface area contributed by atoms with Crippen molar-refractivity contribution in [3.63, 3.8) is 0 Å². The average Bonchev–Trinajstić information content (AvgIpc) is 2.16. The molecule has 0 saturated carbocycles. The van der Waals surface area contributed by atoms with Gasteiger partial charge in [-0.15, -0.1) is 0 Å². The lowest BCUT2D eigenvalue weighted by atomic mass is 10.2. The van der Waals surface area contributed by atoms with Crippen LogP contribution < -0.4 is 0 Å². The molecular weight excluding hydrogens is 238 g/mol. The Labute approximate surface area is 95.7 Å². The van der Waals surface area contributed by atoms with Crippen LogP contribution in [0.5, 0.6) is 0 Å². The first-order valence-electron chi connectivity index (χ1n) is 4.11. The number of halogens is 3. The molecule has 2 aromatic rings. The molecule has 0 aliphatic heterocycles. The molecule has 2 nitrogen and oxygen atoms in total. The van der Waals surface area contributed by atoms with E-state index in [9.17, 15) is 4.39 Å². The summed E-state index contributed by atoms with van der Waals surface area (Å²) in [7, 11) is 0. The summed E-state index contributed by atoms with van der Waals surface area (Å²) in [5.41, 5.74) is 0.724. The third-order valence-corrected chi connectivity index (χ3v) is 2.18. The third kappa shape index (κ3) is 2.25. The molecule has 2 heterocycles. The van der Waals surface area contributed by atoms with E-state index in [1.165, 1.54) is 30.5 Å². The molecule has 2 aromatic heterocycles. The molecule has 0 saturated heterocycles. The first-order valence-corrected chi connectivity index (χ1v) is 4.86. The third-order valence-electron chi connectivity index (χ3n) is 1.79. The summed E-state index contributed by atoms with van der Waals surface area (Å²) in [6.45, 7) is 0. The van der Waals surface area contributed by atoms with Crippen molar-refractivity contribution in [2.45, 2.75) is 0 Å². The quantitative estimate of drug-likeness (QED) is 0.715. The van der Waals surface area contributed by atoms with E-state index in [2.05, 4.69) is 9.97 Å². The van der Waals surface area contributed by atoms with E-state index in [1.807, 2.05) is 0 Å². The fourth-order valence-electron chi connectivity index (χ4n) is 1.20. The molecule has 5 heteroatoms. The summed E-state index contributed by atoms with van der Waals surface area (Å²) in [6, 6.07) is 5.87. The van der Waals surface area contributed by atoms with Crippen molar-refractivity contribution in [1.82, 2.24) is 9.97 Å². The van der Waals surface area contributed by atoms with Gasteiger partial charge in [0.2, 0.25) is 0 Å². The van der Waals surface area contributed by atoms with Gasteiger partial charge in [0.25, 0.3) is 0 Å². The number of nitrogens with zero attached hydrogens (tertiary/aromatic N) is 2. The van der Waals surface area contributed by atoms with E-state index in [1.54, 1.807) is 0 Å². The van der Waals surface area contributed by atoms with Gasteiger partial charge in [-0.2, -0.15) is 0 Å². The van der Waals surface area contributed by atoms with Gasteiger partial charge in [0.05, 0.1) is 0 Å². The molecule has 0 N–H and O–H groups in total. The van der Waals surface area contributed by atoms with Crippen molar-refractivity contribution in [3.05, 3.63) is 46.6 Å². The van der Waals surface area contributed by atoms with Crippen molar-refractivity contribution in [1.29, 1.82) is 0 Å². The van der Waals surface area contributed by atoms with E-state index in [0.29, 0.717) is 5.56 Å². The highest BCUT2D eigenvalue weighted by atomic mass is 35.5. The van der Waals surface area contributed by atoms with Crippen LogP contribution in [0.2, 0.25) is 10.3 Å². The van der Waals surface area contributed by atoms with Gasteiger partial charge in [-0.05, 0) is 24.3 Å². The molecule has 2 rings (SSSR count). The number of hydrogen-bond donors (Lipinski definition) is 0. The molecule has 0 radical (unpaired) electrons. The highest BCUT2D eigenvalue weighted by Crippen LogP contribution is 2.24. The van der Waals surface area contributed by atoms with Crippen molar-refractivity contribution in [2.75, 3.05) is 0 Å². The van der Waals surface area contributed by atoms with E-state index in [-0.39, 0.29) is 16.0 Å². The Bertz CT molecular complexity index is 482. The molecule has 15 heavy (non-hydrogen) atoms. The van der Waals surface area contributed by atoms with Crippen LogP contribution in [0.4, 0.5) is 4.39 Å². The maximum Gasteiger partial charge on any atom is 0.149 e. The van der Waals surface area contributed by atoms with Gasteiger partial charge < -0.3 is 0 Å². The second-order valence-corrected chi connectivity index (χ2v) is 3.61. The highest BCUT2D eigenvalue weighted by molar-refractivity contribution is 6.32. The lowest BCUT2D eigenvalue weighted by Crippen LogP contribution is -1.89. The SMILES string of the molecule is Fc1cccnc1-c1cc(Cl)nc(Cl)c1. The Morgan fingerprint density at radius 1 is 1.13 bits per heavy atom. The highest BCUT2D eigenvalue weighted by Gasteiger charge is 2.08. The lowest BCUT2D eigenvalue weighted by molar-refractivity contribution is 0.626. The molecule has 0 amide bonds. The summed E-state index contributed by atoms with van der Waals surface area (Å²) in [5.74, 6) is -0.421. The average molecular weight is 243 g/mol. The zero-order valence-electron chi connectivity index (χ0n) is 7.42.